The topological polar surface area (TPSA) is 41.1 Å². The molecule has 0 spiro atoms. The molecule has 1 aliphatic carbocycles. The zero-order valence-corrected chi connectivity index (χ0v) is 11.6. The minimum absolute atomic E-state index is 0.137. The summed E-state index contributed by atoms with van der Waals surface area (Å²) in [5.41, 5.74) is 0.535. The Morgan fingerprint density at radius 2 is 2.06 bits per heavy atom. The van der Waals surface area contributed by atoms with Gasteiger partial charge in [0.25, 0.3) is 0 Å². The van der Waals surface area contributed by atoms with Gasteiger partial charge < -0.3 is 10.6 Å². The van der Waals surface area contributed by atoms with Crippen molar-refractivity contribution in [3.8, 4) is 0 Å². The predicted octanol–water partition coefficient (Wildman–Crippen LogP) is 2.32. The van der Waals surface area contributed by atoms with E-state index in [0.29, 0.717) is 17.9 Å². The molecule has 0 saturated heterocycles. The van der Waals surface area contributed by atoms with Gasteiger partial charge in [-0.3, -0.25) is 4.79 Å². The van der Waals surface area contributed by atoms with Gasteiger partial charge in [0.15, 0.2) is 0 Å². The number of hydrogen-bond donors (Lipinski definition) is 2. The van der Waals surface area contributed by atoms with Crippen LogP contribution in [0.4, 0.5) is 0 Å². The molecule has 100 valence electrons. The molecule has 0 aromatic carbocycles. The van der Waals surface area contributed by atoms with Gasteiger partial charge in [-0.2, -0.15) is 0 Å². The monoisotopic (exact) mass is 240 g/mol. The average Bonchev–Trinajstić information content (AvgIpc) is 2.98. The van der Waals surface area contributed by atoms with E-state index in [4.69, 9.17) is 0 Å². The van der Waals surface area contributed by atoms with Gasteiger partial charge in [-0.15, -0.1) is 0 Å². The molecule has 1 aliphatic rings. The molecule has 0 heterocycles. The van der Waals surface area contributed by atoms with Crippen molar-refractivity contribution in [1.29, 1.82) is 0 Å². The van der Waals surface area contributed by atoms with Crippen LogP contribution in [0.1, 0.15) is 52.9 Å². The molecule has 0 bridgehead atoms. The van der Waals surface area contributed by atoms with Gasteiger partial charge in [-0.05, 0) is 37.0 Å². The Bertz CT molecular complexity index is 234. The lowest BCUT2D eigenvalue weighted by atomic mass is 10.0. The first-order chi connectivity index (χ1) is 8.08. The summed E-state index contributed by atoms with van der Waals surface area (Å²) in [6.07, 6.45) is 6.29. The Labute approximate surface area is 106 Å². The summed E-state index contributed by atoms with van der Waals surface area (Å²) >= 11 is 0. The molecular weight excluding hydrogens is 212 g/mol. The average molecular weight is 240 g/mol. The van der Waals surface area contributed by atoms with Gasteiger partial charge in [-0.25, -0.2) is 0 Å². The SMILES string of the molecule is CCCC1(CNCC(=O)NCCC(C)C)CC1. The van der Waals surface area contributed by atoms with Crippen molar-refractivity contribution in [3.63, 3.8) is 0 Å². The third-order valence-corrected chi connectivity index (χ3v) is 3.57. The van der Waals surface area contributed by atoms with Gasteiger partial charge in [0.05, 0.1) is 6.54 Å². The summed E-state index contributed by atoms with van der Waals surface area (Å²) in [6.45, 7) is 8.87. The van der Waals surface area contributed by atoms with Crippen molar-refractivity contribution in [2.24, 2.45) is 11.3 Å². The van der Waals surface area contributed by atoms with Crippen molar-refractivity contribution >= 4 is 5.91 Å². The van der Waals surface area contributed by atoms with Crippen LogP contribution in [-0.2, 0) is 4.79 Å². The molecule has 0 aromatic rings. The second-order valence-corrected chi connectivity index (χ2v) is 5.89. The van der Waals surface area contributed by atoms with E-state index in [-0.39, 0.29) is 5.91 Å². The summed E-state index contributed by atoms with van der Waals surface area (Å²) in [6, 6.07) is 0. The maximum Gasteiger partial charge on any atom is 0.233 e. The van der Waals surface area contributed by atoms with Gasteiger partial charge in [0.1, 0.15) is 0 Å². The highest BCUT2D eigenvalue weighted by Crippen LogP contribution is 2.48. The molecule has 3 heteroatoms. The quantitative estimate of drug-likeness (QED) is 0.649. The molecule has 0 radical (unpaired) electrons. The van der Waals surface area contributed by atoms with Crippen molar-refractivity contribution in [2.75, 3.05) is 19.6 Å². The van der Waals surface area contributed by atoms with E-state index in [0.717, 1.165) is 19.5 Å². The largest absolute Gasteiger partial charge is 0.355 e. The second-order valence-electron chi connectivity index (χ2n) is 5.89. The summed E-state index contributed by atoms with van der Waals surface area (Å²) < 4.78 is 0. The maximum atomic E-state index is 11.5. The Morgan fingerprint density at radius 1 is 1.35 bits per heavy atom. The molecule has 0 atom stereocenters. The fourth-order valence-corrected chi connectivity index (χ4v) is 2.23. The Morgan fingerprint density at radius 3 is 2.59 bits per heavy atom. The zero-order valence-electron chi connectivity index (χ0n) is 11.6. The normalized spacial score (nSPS) is 17.2. The van der Waals surface area contributed by atoms with Crippen LogP contribution in [0.25, 0.3) is 0 Å². The third-order valence-electron chi connectivity index (χ3n) is 3.57. The summed E-state index contributed by atoms with van der Waals surface area (Å²) in [7, 11) is 0. The van der Waals surface area contributed by atoms with Crippen LogP contribution >= 0.6 is 0 Å². The molecule has 1 fully saturated rings. The number of nitrogens with one attached hydrogen (secondary N) is 2. The van der Waals surface area contributed by atoms with E-state index in [1.165, 1.54) is 25.7 Å². The minimum Gasteiger partial charge on any atom is -0.355 e. The number of carbonyl (C=O) groups is 1. The fourth-order valence-electron chi connectivity index (χ4n) is 2.23. The van der Waals surface area contributed by atoms with Crippen molar-refractivity contribution in [3.05, 3.63) is 0 Å². The second kappa shape index (κ2) is 7.00. The van der Waals surface area contributed by atoms with Crippen LogP contribution in [0, 0.1) is 11.3 Å². The van der Waals surface area contributed by atoms with Crippen LogP contribution in [0.2, 0.25) is 0 Å². The predicted molar refractivity (Wildman–Crippen MR) is 71.9 cm³/mol. The third kappa shape index (κ3) is 6.06. The van der Waals surface area contributed by atoms with Gasteiger partial charge >= 0.3 is 0 Å². The molecule has 17 heavy (non-hydrogen) atoms. The molecule has 1 rings (SSSR count). The van der Waals surface area contributed by atoms with Crippen LogP contribution in [0.15, 0.2) is 0 Å². The zero-order chi connectivity index (χ0) is 12.7. The highest BCUT2D eigenvalue weighted by molar-refractivity contribution is 5.77. The highest BCUT2D eigenvalue weighted by atomic mass is 16.1. The highest BCUT2D eigenvalue weighted by Gasteiger charge is 2.40. The lowest BCUT2D eigenvalue weighted by Crippen LogP contribution is -2.37. The Hall–Kier alpha value is -0.570. The first kappa shape index (κ1) is 14.5. The Balaban J connectivity index is 2.00. The van der Waals surface area contributed by atoms with Gasteiger partial charge in [0, 0.05) is 13.1 Å². The number of carbonyl (C=O) groups excluding carboxylic acids is 1. The van der Waals surface area contributed by atoms with Crippen LogP contribution in [0.5, 0.6) is 0 Å². The molecule has 0 aromatic heterocycles. The van der Waals surface area contributed by atoms with E-state index in [1.807, 2.05) is 0 Å². The molecule has 3 nitrogen and oxygen atoms in total. The lowest BCUT2D eigenvalue weighted by molar-refractivity contribution is -0.120. The van der Waals surface area contributed by atoms with E-state index < -0.39 is 0 Å². The van der Waals surface area contributed by atoms with E-state index in [1.54, 1.807) is 0 Å². The minimum atomic E-state index is 0.137. The van der Waals surface area contributed by atoms with E-state index in [9.17, 15) is 4.79 Å². The molecular formula is C14H28N2O. The number of rotatable bonds is 9. The van der Waals surface area contributed by atoms with Gasteiger partial charge in [0.2, 0.25) is 5.91 Å². The molecule has 2 N–H and O–H groups in total. The molecule has 0 unspecified atom stereocenters. The van der Waals surface area contributed by atoms with Crippen LogP contribution in [0.3, 0.4) is 0 Å². The molecule has 0 aliphatic heterocycles. The molecule has 1 amide bonds. The smallest absolute Gasteiger partial charge is 0.233 e. The standard InChI is InChI=1S/C14H28N2O/c1-4-6-14(7-8-14)11-15-10-13(17)16-9-5-12(2)3/h12,15H,4-11H2,1-3H3,(H,16,17). The van der Waals surface area contributed by atoms with Crippen LogP contribution in [-0.4, -0.2) is 25.5 Å². The summed E-state index contributed by atoms with van der Waals surface area (Å²) in [4.78, 5) is 11.5. The number of amides is 1. The van der Waals surface area contributed by atoms with Crippen molar-refractivity contribution in [2.45, 2.75) is 52.9 Å². The summed E-state index contributed by atoms with van der Waals surface area (Å²) in [5, 5.41) is 6.25. The first-order valence-electron chi connectivity index (χ1n) is 7.05. The van der Waals surface area contributed by atoms with E-state index in [2.05, 4.69) is 31.4 Å². The number of hydrogen-bond acceptors (Lipinski definition) is 2. The lowest BCUT2D eigenvalue weighted by Gasteiger charge is -2.14. The van der Waals surface area contributed by atoms with Crippen molar-refractivity contribution < 1.29 is 4.79 Å². The summed E-state index contributed by atoms with van der Waals surface area (Å²) in [5.74, 6) is 0.792. The van der Waals surface area contributed by atoms with Gasteiger partial charge in [-0.1, -0.05) is 27.2 Å². The maximum absolute atomic E-state index is 11.5. The first-order valence-corrected chi connectivity index (χ1v) is 7.05. The molecule has 1 saturated carbocycles. The van der Waals surface area contributed by atoms with E-state index >= 15 is 0 Å². The Kier molecular flexibility index (Phi) is 5.96. The fraction of sp³-hybridized carbons (Fsp3) is 0.929. The van der Waals surface area contributed by atoms with Crippen molar-refractivity contribution in [1.82, 2.24) is 10.6 Å². The van der Waals surface area contributed by atoms with Crippen LogP contribution < -0.4 is 10.6 Å².